The third-order valence-electron chi connectivity index (χ3n) is 1.74. The first-order valence-corrected chi connectivity index (χ1v) is 6.13. The van der Waals surface area contributed by atoms with Crippen LogP contribution < -0.4 is 0 Å². The molecular weight excluding hydrogens is 218 g/mol. The molecule has 0 aliphatic carbocycles. The summed E-state index contributed by atoms with van der Waals surface area (Å²) in [5, 5.41) is 8.37. The molecule has 0 aliphatic rings. The molecule has 5 nitrogen and oxygen atoms in total. The topological polar surface area (TPSA) is 84.3 Å². The van der Waals surface area contributed by atoms with Crippen molar-refractivity contribution in [2.45, 2.75) is 12.2 Å². The van der Waals surface area contributed by atoms with Gasteiger partial charge in [-0.2, -0.15) is 0 Å². The van der Waals surface area contributed by atoms with Gasteiger partial charge in [-0.1, -0.05) is 6.07 Å². The minimum absolute atomic E-state index is 0.159. The van der Waals surface area contributed by atoms with Crippen molar-refractivity contribution < 1.29 is 18.3 Å². The fraction of sp³-hybridized carbons (Fsp3) is 0.333. The van der Waals surface area contributed by atoms with E-state index in [1.807, 2.05) is 0 Å². The van der Waals surface area contributed by atoms with Crippen molar-refractivity contribution in [2.75, 3.05) is 5.75 Å². The van der Waals surface area contributed by atoms with E-state index in [1.165, 1.54) is 6.20 Å². The lowest BCUT2D eigenvalue weighted by molar-refractivity contribution is -0.136. The van der Waals surface area contributed by atoms with Crippen LogP contribution in [-0.4, -0.2) is 30.2 Å². The highest BCUT2D eigenvalue weighted by atomic mass is 32.2. The number of aromatic nitrogens is 1. The Balaban J connectivity index is 2.61. The van der Waals surface area contributed by atoms with Gasteiger partial charge in [0.2, 0.25) is 0 Å². The standard InChI is InChI=1S/C9H11NO4S/c11-9(12)3-5-15(13,14)7-8-2-1-4-10-6-8/h1-2,4,6H,3,5,7H2,(H,11,12). The molecule has 0 aromatic carbocycles. The van der Waals surface area contributed by atoms with Crippen LogP contribution in [0.25, 0.3) is 0 Å². The second-order valence-electron chi connectivity index (χ2n) is 3.10. The number of nitrogens with zero attached hydrogens (tertiary/aromatic N) is 1. The predicted octanol–water partition coefficient (Wildman–Crippen LogP) is 0.471. The van der Waals surface area contributed by atoms with E-state index < -0.39 is 15.8 Å². The fourth-order valence-corrected chi connectivity index (χ4v) is 2.36. The van der Waals surface area contributed by atoms with E-state index in [2.05, 4.69) is 4.98 Å². The van der Waals surface area contributed by atoms with Gasteiger partial charge in [0.05, 0.1) is 17.9 Å². The van der Waals surface area contributed by atoms with Crippen LogP contribution in [0.2, 0.25) is 0 Å². The van der Waals surface area contributed by atoms with Crippen molar-refractivity contribution in [3.05, 3.63) is 30.1 Å². The molecule has 0 fully saturated rings. The van der Waals surface area contributed by atoms with Crippen LogP contribution in [0.4, 0.5) is 0 Å². The first-order valence-electron chi connectivity index (χ1n) is 4.31. The Labute approximate surface area is 87.7 Å². The quantitative estimate of drug-likeness (QED) is 0.793. The zero-order valence-electron chi connectivity index (χ0n) is 7.96. The minimum Gasteiger partial charge on any atom is -0.481 e. The maximum atomic E-state index is 11.4. The van der Waals surface area contributed by atoms with Gasteiger partial charge < -0.3 is 5.11 Å². The van der Waals surface area contributed by atoms with Crippen LogP contribution in [0.3, 0.4) is 0 Å². The minimum atomic E-state index is -3.35. The third kappa shape index (κ3) is 4.55. The summed E-state index contributed by atoms with van der Waals surface area (Å²) in [7, 11) is -3.35. The van der Waals surface area contributed by atoms with Gasteiger partial charge in [-0.25, -0.2) is 8.42 Å². The van der Waals surface area contributed by atoms with Gasteiger partial charge in [-0.3, -0.25) is 9.78 Å². The predicted molar refractivity (Wildman–Crippen MR) is 54.0 cm³/mol. The molecule has 1 rings (SSSR count). The van der Waals surface area contributed by atoms with E-state index >= 15 is 0 Å². The van der Waals surface area contributed by atoms with E-state index in [9.17, 15) is 13.2 Å². The average Bonchev–Trinajstić information content (AvgIpc) is 2.16. The van der Waals surface area contributed by atoms with Crippen molar-refractivity contribution in [1.29, 1.82) is 0 Å². The Hall–Kier alpha value is -1.43. The van der Waals surface area contributed by atoms with E-state index in [1.54, 1.807) is 18.3 Å². The summed E-state index contributed by atoms with van der Waals surface area (Å²) in [4.78, 5) is 14.0. The number of pyridine rings is 1. The molecule has 1 heterocycles. The molecule has 0 radical (unpaired) electrons. The van der Waals surface area contributed by atoms with Crippen molar-refractivity contribution in [3.63, 3.8) is 0 Å². The van der Waals surface area contributed by atoms with Crippen molar-refractivity contribution >= 4 is 15.8 Å². The van der Waals surface area contributed by atoms with E-state index in [4.69, 9.17) is 5.11 Å². The molecule has 82 valence electrons. The summed E-state index contributed by atoms with van der Waals surface area (Å²) in [6.45, 7) is 0. The van der Waals surface area contributed by atoms with E-state index in [0.29, 0.717) is 5.56 Å². The normalized spacial score (nSPS) is 11.2. The van der Waals surface area contributed by atoms with Crippen LogP contribution >= 0.6 is 0 Å². The van der Waals surface area contributed by atoms with Crippen LogP contribution in [-0.2, 0) is 20.4 Å². The number of aliphatic carboxylic acids is 1. The molecule has 0 amide bonds. The van der Waals surface area contributed by atoms with Gasteiger partial charge in [0.25, 0.3) is 0 Å². The monoisotopic (exact) mass is 229 g/mol. The second kappa shape index (κ2) is 4.88. The highest BCUT2D eigenvalue weighted by Crippen LogP contribution is 2.05. The molecule has 0 saturated heterocycles. The highest BCUT2D eigenvalue weighted by Gasteiger charge is 2.13. The zero-order chi connectivity index (χ0) is 11.3. The lowest BCUT2D eigenvalue weighted by Gasteiger charge is -2.01. The second-order valence-corrected chi connectivity index (χ2v) is 5.28. The van der Waals surface area contributed by atoms with Crippen molar-refractivity contribution in [2.24, 2.45) is 0 Å². The van der Waals surface area contributed by atoms with Crippen LogP contribution in [0.5, 0.6) is 0 Å². The molecule has 15 heavy (non-hydrogen) atoms. The maximum absolute atomic E-state index is 11.4. The number of carbonyl (C=O) groups is 1. The number of rotatable bonds is 5. The molecule has 1 aromatic heterocycles. The summed E-state index contributed by atoms with van der Waals surface area (Å²) in [6.07, 6.45) is 2.65. The third-order valence-corrected chi connectivity index (χ3v) is 3.34. The first kappa shape index (κ1) is 11.6. The Morgan fingerprint density at radius 3 is 2.73 bits per heavy atom. The molecule has 0 atom stereocenters. The lowest BCUT2D eigenvalue weighted by Crippen LogP contribution is -2.12. The summed E-state index contributed by atoms with van der Waals surface area (Å²) in [5.41, 5.74) is 0.572. The average molecular weight is 229 g/mol. The SMILES string of the molecule is O=C(O)CCS(=O)(=O)Cc1cccnc1. The zero-order valence-corrected chi connectivity index (χ0v) is 8.77. The number of carboxylic acids is 1. The first-order chi connectivity index (χ1) is 6.99. The number of hydrogen-bond acceptors (Lipinski definition) is 4. The highest BCUT2D eigenvalue weighted by molar-refractivity contribution is 7.90. The molecule has 0 bridgehead atoms. The van der Waals surface area contributed by atoms with Gasteiger partial charge in [0.15, 0.2) is 9.84 Å². The lowest BCUT2D eigenvalue weighted by atomic mass is 10.3. The van der Waals surface area contributed by atoms with Crippen molar-refractivity contribution in [1.82, 2.24) is 4.98 Å². The Morgan fingerprint density at radius 2 is 2.20 bits per heavy atom. The van der Waals surface area contributed by atoms with Gasteiger partial charge >= 0.3 is 5.97 Å². The fourth-order valence-electron chi connectivity index (χ4n) is 1.05. The number of carboxylic acid groups (broad SMARTS) is 1. The van der Waals surface area contributed by atoms with Crippen LogP contribution in [0, 0.1) is 0 Å². The summed E-state index contributed by atoms with van der Waals surface area (Å²) >= 11 is 0. The summed E-state index contributed by atoms with van der Waals surface area (Å²) < 4.78 is 22.8. The van der Waals surface area contributed by atoms with Gasteiger partial charge in [0.1, 0.15) is 0 Å². The van der Waals surface area contributed by atoms with Gasteiger partial charge in [-0.15, -0.1) is 0 Å². The molecule has 0 aliphatic heterocycles. The Kier molecular flexibility index (Phi) is 3.79. The van der Waals surface area contributed by atoms with Gasteiger partial charge in [-0.05, 0) is 11.6 Å². The van der Waals surface area contributed by atoms with E-state index in [0.717, 1.165) is 0 Å². The van der Waals surface area contributed by atoms with Crippen LogP contribution in [0.1, 0.15) is 12.0 Å². The van der Waals surface area contributed by atoms with E-state index in [-0.39, 0.29) is 17.9 Å². The molecular formula is C9H11NO4S. The summed E-state index contributed by atoms with van der Waals surface area (Å²) in [6, 6.07) is 3.29. The smallest absolute Gasteiger partial charge is 0.304 e. The largest absolute Gasteiger partial charge is 0.481 e. The molecule has 0 spiro atoms. The molecule has 0 saturated carbocycles. The Morgan fingerprint density at radius 1 is 1.47 bits per heavy atom. The molecule has 6 heteroatoms. The molecule has 0 unspecified atom stereocenters. The molecule has 1 N–H and O–H groups in total. The maximum Gasteiger partial charge on any atom is 0.304 e. The molecule has 1 aromatic rings. The number of sulfone groups is 1. The van der Waals surface area contributed by atoms with Crippen LogP contribution in [0.15, 0.2) is 24.5 Å². The summed E-state index contributed by atoms with van der Waals surface area (Å²) in [5.74, 6) is -1.60. The van der Waals surface area contributed by atoms with Crippen molar-refractivity contribution in [3.8, 4) is 0 Å². The number of hydrogen-bond donors (Lipinski definition) is 1. The van der Waals surface area contributed by atoms with Gasteiger partial charge in [0, 0.05) is 12.4 Å². The Bertz CT molecular complexity index is 427.